The number of carbonyl (C=O) groups excluding carboxylic acids is 2. The van der Waals surface area contributed by atoms with Crippen LogP contribution in [0.2, 0.25) is 0 Å². The van der Waals surface area contributed by atoms with Crippen LogP contribution < -0.4 is 5.32 Å². The van der Waals surface area contributed by atoms with Crippen LogP contribution >= 0.6 is 22.6 Å². The van der Waals surface area contributed by atoms with E-state index in [4.69, 9.17) is 9.47 Å². The average molecular weight is 437 g/mol. The van der Waals surface area contributed by atoms with Crippen molar-refractivity contribution in [3.8, 4) is 0 Å². The van der Waals surface area contributed by atoms with Crippen LogP contribution in [0.25, 0.3) is 0 Å². The zero-order chi connectivity index (χ0) is 17.6. The van der Waals surface area contributed by atoms with Gasteiger partial charge in [0.1, 0.15) is 21.6 Å². The molecule has 2 atom stereocenters. The van der Waals surface area contributed by atoms with E-state index in [0.29, 0.717) is 5.56 Å². The molecular formula is C16H21FINO4. The number of nitrogens with one attached hydrogen (secondary N) is 1. The highest BCUT2D eigenvalue weighted by Gasteiger charge is 2.26. The summed E-state index contributed by atoms with van der Waals surface area (Å²) in [5.41, 5.74) is 0.0239. The van der Waals surface area contributed by atoms with Gasteiger partial charge in [-0.1, -0.05) is 12.1 Å². The summed E-state index contributed by atoms with van der Waals surface area (Å²) in [4.78, 5) is 24.1. The number of amides is 1. The molecule has 128 valence electrons. The molecule has 23 heavy (non-hydrogen) atoms. The summed E-state index contributed by atoms with van der Waals surface area (Å²) in [6.45, 7) is 6.90. The molecule has 0 aliphatic carbocycles. The predicted molar refractivity (Wildman–Crippen MR) is 92.8 cm³/mol. The van der Waals surface area contributed by atoms with Crippen LogP contribution in [0, 0.1) is 5.82 Å². The summed E-state index contributed by atoms with van der Waals surface area (Å²) in [6.07, 6.45) is -0.524. The van der Waals surface area contributed by atoms with Crippen LogP contribution in [0.3, 0.4) is 0 Å². The molecule has 0 bridgehead atoms. The Labute approximate surface area is 149 Å². The number of ether oxygens (including phenoxy) is 2. The molecule has 0 saturated heterocycles. The van der Waals surface area contributed by atoms with Gasteiger partial charge in [0.2, 0.25) is 0 Å². The highest BCUT2D eigenvalue weighted by Crippen LogP contribution is 2.11. The molecule has 1 N–H and O–H groups in total. The second-order valence-corrected chi connectivity index (χ2v) is 7.76. The number of hydrogen-bond donors (Lipinski definition) is 1. The Morgan fingerprint density at radius 3 is 2.30 bits per heavy atom. The molecule has 1 aromatic carbocycles. The van der Waals surface area contributed by atoms with Gasteiger partial charge >= 0.3 is 12.1 Å². The topological polar surface area (TPSA) is 64.6 Å². The number of alkyl halides is 1. The summed E-state index contributed by atoms with van der Waals surface area (Å²) in [7, 11) is 0. The highest BCUT2D eigenvalue weighted by molar-refractivity contribution is 14.1. The standard InChI is InChI=1S/C16H21FINO4/c1-10(18)22-14(20)13(19-15(21)23-16(2,3)4)9-11-5-7-12(17)8-6-11/h5-8,10,13H,9H2,1-4H3,(H,19,21)/t10?,13-/m1/s1. The van der Waals surface area contributed by atoms with Crippen molar-refractivity contribution in [3.63, 3.8) is 0 Å². The van der Waals surface area contributed by atoms with Gasteiger partial charge in [-0.15, -0.1) is 0 Å². The van der Waals surface area contributed by atoms with Crippen molar-refractivity contribution in [1.82, 2.24) is 5.32 Å². The second kappa shape index (κ2) is 8.47. The number of esters is 1. The molecular weight excluding hydrogens is 416 g/mol. The first-order chi connectivity index (χ1) is 10.6. The Kier molecular flexibility index (Phi) is 7.24. The molecule has 0 aromatic heterocycles. The minimum absolute atomic E-state index is 0.182. The molecule has 1 amide bonds. The molecule has 1 rings (SSSR count). The molecule has 0 spiro atoms. The van der Waals surface area contributed by atoms with Gasteiger partial charge in [-0.2, -0.15) is 0 Å². The number of hydrogen-bond acceptors (Lipinski definition) is 4. The average Bonchev–Trinajstić information content (AvgIpc) is 2.37. The van der Waals surface area contributed by atoms with Crippen molar-refractivity contribution in [2.45, 2.75) is 49.9 Å². The number of halogens is 2. The number of alkyl carbamates (subject to hydrolysis) is 1. The molecule has 0 fully saturated rings. The lowest BCUT2D eigenvalue weighted by molar-refractivity contribution is -0.146. The van der Waals surface area contributed by atoms with E-state index in [2.05, 4.69) is 5.32 Å². The summed E-state index contributed by atoms with van der Waals surface area (Å²) in [5, 5.41) is 2.51. The summed E-state index contributed by atoms with van der Waals surface area (Å²) >= 11 is 1.95. The van der Waals surface area contributed by atoms with E-state index in [1.165, 1.54) is 12.1 Å². The van der Waals surface area contributed by atoms with Crippen molar-refractivity contribution in [1.29, 1.82) is 0 Å². The summed E-state index contributed by atoms with van der Waals surface area (Å²) in [5.74, 6) is -0.934. The largest absolute Gasteiger partial charge is 0.450 e. The quantitative estimate of drug-likeness (QED) is 0.435. The van der Waals surface area contributed by atoms with Gasteiger partial charge in [0, 0.05) is 6.42 Å². The molecule has 0 aliphatic rings. The maximum absolute atomic E-state index is 13.0. The number of benzene rings is 1. The fourth-order valence-corrected chi connectivity index (χ4v) is 1.99. The molecule has 7 heteroatoms. The van der Waals surface area contributed by atoms with Gasteiger partial charge < -0.3 is 14.8 Å². The van der Waals surface area contributed by atoms with Crippen LogP contribution in [0.4, 0.5) is 9.18 Å². The first kappa shape index (κ1) is 19.7. The van der Waals surface area contributed by atoms with Crippen LogP contribution in [-0.4, -0.2) is 27.8 Å². The lowest BCUT2D eigenvalue weighted by atomic mass is 10.1. The molecule has 0 aliphatic heterocycles. The molecule has 1 unspecified atom stereocenters. The minimum Gasteiger partial charge on any atom is -0.450 e. The van der Waals surface area contributed by atoms with Crippen LogP contribution in [0.1, 0.15) is 33.3 Å². The zero-order valence-electron chi connectivity index (χ0n) is 13.6. The third-order valence-electron chi connectivity index (χ3n) is 2.61. The molecule has 5 nitrogen and oxygen atoms in total. The minimum atomic E-state index is -0.910. The maximum Gasteiger partial charge on any atom is 0.408 e. The molecule has 0 heterocycles. The first-order valence-corrected chi connectivity index (χ1v) is 8.40. The van der Waals surface area contributed by atoms with E-state index in [0.717, 1.165) is 0 Å². The van der Waals surface area contributed by atoms with Crippen molar-refractivity contribution < 1.29 is 23.5 Å². The van der Waals surface area contributed by atoms with Crippen molar-refractivity contribution in [2.75, 3.05) is 0 Å². The Morgan fingerprint density at radius 2 is 1.83 bits per heavy atom. The normalized spacial score (nSPS) is 13.8. The van der Waals surface area contributed by atoms with Gasteiger partial charge in [0.25, 0.3) is 0 Å². The van der Waals surface area contributed by atoms with E-state index >= 15 is 0 Å². The van der Waals surface area contributed by atoms with Gasteiger partial charge in [0.15, 0.2) is 0 Å². The second-order valence-electron chi connectivity index (χ2n) is 6.01. The van der Waals surface area contributed by atoms with Gasteiger partial charge in [0.05, 0.1) is 0 Å². The number of carbonyl (C=O) groups is 2. The lowest BCUT2D eigenvalue weighted by Gasteiger charge is -2.23. The third kappa shape index (κ3) is 8.15. The first-order valence-electron chi connectivity index (χ1n) is 7.15. The zero-order valence-corrected chi connectivity index (χ0v) is 15.7. The molecule has 0 saturated carbocycles. The Bertz CT molecular complexity index is 540. The predicted octanol–water partition coefficient (Wildman–Crippen LogP) is 3.59. The Hall–Kier alpha value is -1.38. The van der Waals surface area contributed by atoms with Crippen molar-refractivity contribution in [2.24, 2.45) is 0 Å². The fraction of sp³-hybridized carbons (Fsp3) is 0.500. The Morgan fingerprint density at radius 1 is 1.26 bits per heavy atom. The molecule has 0 radical (unpaired) electrons. The van der Waals surface area contributed by atoms with E-state index in [9.17, 15) is 14.0 Å². The van der Waals surface area contributed by atoms with E-state index in [1.54, 1.807) is 39.8 Å². The smallest absolute Gasteiger partial charge is 0.408 e. The number of rotatable bonds is 5. The van der Waals surface area contributed by atoms with Crippen molar-refractivity contribution in [3.05, 3.63) is 35.6 Å². The van der Waals surface area contributed by atoms with E-state index < -0.39 is 23.7 Å². The van der Waals surface area contributed by atoms with Crippen LogP contribution in [0.5, 0.6) is 0 Å². The van der Waals surface area contributed by atoms with Gasteiger partial charge in [-0.05, 0) is 68.0 Å². The lowest BCUT2D eigenvalue weighted by Crippen LogP contribution is -2.45. The fourth-order valence-electron chi connectivity index (χ4n) is 1.74. The van der Waals surface area contributed by atoms with Gasteiger partial charge in [-0.25, -0.2) is 14.0 Å². The van der Waals surface area contributed by atoms with Gasteiger partial charge in [-0.3, -0.25) is 0 Å². The summed E-state index contributed by atoms with van der Waals surface area (Å²) in [6, 6.07) is 4.80. The summed E-state index contributed by atoms with van der Waals surface area (Å²) < 4.78 is 22.9. The van der Waals surface area contributed by atoms with E-state index in [-0.39, 0.29) is 16.3 Å². The molecule has 1 aromatic rings. The van der Waals surface area contributed by atoms with Crippen molar-refractivity contribution >= 4 is 34.7 Å². The van der Waals surface area contributed by atoms with E-state index in [1.807, 2.05) is 22.6 Å². The monoisotopic (exact) mass is 437 g/mol. The maximum atomic E-state index is 13.0. The highest BCUT2D eigenvalue weighted by atomic mass is 127. The van der Waals surface area contributed by atoms with Crippen LogP contribution in [-0.2, 0) is 20.7 Å². The van der Waals surface area contributed by atoms with Crippen LogP contribution in [0.15, 0.2) is 24.3 Å². The Balaban J connectivity index is 2.82. The SMILES string of the molecule is CC(I)OC(=O)[C@@H](Cc1ccc(F)cc1)NC(=O)OC(C)(C)C. The third-order valence-corrected chi connectivity index (χ3v) is 2.86.